The number of ether oxygens (including phenoxy) is 1. The number of piperidine rings is 1. The van der Waals surface area contributed by atoms with Gasteiger partial charge in [-0.2, -0.15) is 17.5 Å². The van der Waals surface area contributed by atoms with Crippen LogP contribution in [0.5, 0.6) is 5.75 Å². The molecule has 0 aromatic heterocycles. The fraction of sp³-hybridized carbons (Fsp3) is 0.435. The Labute approximate surface area is 196 Å². The van der Waals surface area contributed by atoms with E-state index in [1.807, 2.05) is 6.92 Å². The summed E-state index contributed by atoms with van der Waals surface area (Å²) >= 11 is 0. The lowest BCUT2D eigenvalue weighted by Gasteiger charge is -2.38. The van der Waals surface area contributed by atoms with Gasteiger partial charge in [-0.05, 0) is 63.1 Å². The molecule has 2 aromatic carbocycles. The molecule has 186 valence electrons. The number of anilines is 1. The molecule has 1 unspecified atom stereocenters. The molecule has 2 N–H and O–H groups in total. The van der Waals surface area contributed by atoms with Gasteiger partial charge in [0.25, 0.3) is 0 Å². The fourth-order valence-corrected chi connectivity index (χ4v) is 5.06. The van der Waals surface area contributed by atoms with Gasteiger partial charge in [-0.25, -0.2) is 8.42 Å². The smallest absolute Gasteiger partial charge is 0.425 e. The molecular weight excluding hydrogens is 473 g/mol. The standard InChI is InChI=1S/C23H27F3N2O5S/c1-16-3-9-20(10-4-16)34(31,32)28-13-11-22(15-29,12-14-28)21(30)27-18-5-7-19(8-6-18)33-17(2)23(24,25)26/h3-10,17,29H,11-15H2,1-2H3,(H,27,30). The minimum Gasteiger partial charge on any atom is -0.481 e. The van der Waals surface area contributed by atoms with Crippen molar-refractivity contribution >= 4 is 21.6 Å². The molecule has 7 nitrogen and oxygen atoms in total. The van der Waals surface area contributed by atoms with Crippen LogP contribution in [0, 0.1) is 12.3 Å². The van der Waals surface area contributed by atoms with Gasteiger partial charge in [-0.3, -0.25) is 4.79 Å². The number of amides is 1. The Morgan fingerprint density at radius 3 is 2.18 bits per heavy atom. The Balaban J connectivity index is 1.64. The molecule has 0 aliphatic carbocycles. The topological polar surface area (TPSA) is 95.9 Å². The molecule has 0 bridgehead atoms. The van der Waals surface area contributed by atoms with E-state index in [-0.39, 0.29) is 36.6 Å². The first-order chi connectivity index (χ1) is 15.9. The number of nitrogens with one attached hydrogen (secondary N) is 1. The van der Waals surface area contributed by atoms with Crippen LogP contribution in [0.2, 0.25) is 0 Å². The third kappa shape index (κ3) is 5.70. The van der Waals surface area contributed by atoms with E-state index in [2.05, 4.69) is 5.32 Å². The highest BCUT2D eigenvalue weighted by atomic mass is 32.2. The number of hydrogen-bond acceptors (Lipinski definition) is 5. The largest absolute Gasteiger partial charge is 0.481 e. The molecule has 3 rings (SSSR count). The van der Waals surface area contributed by atoms with E-state index >= 15 is 0 Å². The van der Waals surface area contributed by atoms with Crippen LogP contribution < -0.4 is 10.1 Å². The van der Waals surface area contributed by atoms with Crippen LogP contribution in [-0.2, 0) is 14.8 Å². The predicted molar refractivity (Wildman–Crippen MR) is 120 cm³/mol. The zero-order valence-corrected chi connectivity index (χ0v) is 19.6. The monoisotopic (exact) mass is 500 g/mol. The summed E-state index contributed by atoms with van der Waals surface area (Å²) in [5.41, 5.74) is 0.0711. The van der Waals surface area contributed by atoms with Gasteiger partial charge >= 0.3 is 6.18 Å². The van der Waals surface area contributed by atoms with Gasteiger partial charge in [0.05, 0.1) is 16.9 Å². The summed E-state index contributed by atoms with van der Waals surface area (Å²) < 4.78 is 69.9. The Morgan fingerprint density at radius 2 is 1.68 bits per heavy atom. The number of aliphatic hydroxyl groups excluding tert-OH is 1. The molecule has 1 heterocycles. The van der Waals surface area contributed by atoms with E-state index in [9.17, 15) is 31.5 Å². The minimum atomic E-state index is -4.50. The normalized spacial score (nSPS) is 17.7. The highest BCUT2D eigenvalue weighted by Crippen LogP contribution is 2.35. The van der Waals surface area contributed by atoms with Crippen molar-refractivity contribution in [2.24, 2.45) is 5.41 Å². The molecule has 0 radical (unpaired) electrons. The average molecular weight is 501 g/mol. The van der Waals surface area contributed by atoms with Crippen LogP contribution in [0.25, 0.3) is 0 Å². The molecule has 0 spiro atoms. The molecule has 1 saturated heterocycles. The lowest BCUT2D eigenvalue weighted by Crippen LogP contribution is -2.50. The second-order valence-electron chi connectivity index (χ2n) is 8.44. The number of nitrogens with zero attached hydrogens (tertiary/aromatic N) is 1. The number of rotatable bonds is 7. The average Bonchev–Trinajstić information content (AvgIpc) is 2.80. The van der Waals surface area contributed by atoms with Crippen molar-refractivity contribution in [1.29, 1.82) is 0 Å². The van der Waals surface area contributed by atoms with Crippen LogP contribution in [-0.4, -0.2) is 55.7 Å². The third-order valence-corrected chi connectivity index (χ3v) is 7.92. The van der Waals surface area contributed by atoms with Gasteiger partial charge in [-0.15, -0.1) is 0 Å². The van der Waals surface area contributed by atoms with Gasteiger partial charge in [0.2, 0.25) is 15.9 Å². The van der Waals surface area contributed by atoms with Crippen molar-refractivity contribution in [3.05, 3.63) is 54.1 Å². The molecule has 1 fully saturated rings. The lowest BCUT2D eigenvalue weighted by atomic mass is 9.78. The molecule has 11 heteroatoms. The van der Waals surface area contributed by atoms with Gasteiger partial charge in [0.1, 0.15) is 5.75 Å². The van der Waals surface area contributed by atoms with Crippen molar-refractivity contribution in [3.8, 4) is 5.75 Å². The molecule has 1 amide bonds. The summed E-state index contributed by atoms with van der Waals surface area (Å²) in [5, 5.41) is 12.7. The lowest BCUT2D eigenvalue weighted by molar-refractivity contribution is -0.189. The molecular formula is C23H27F3N2O5S. The highest BCUT2D eigenvalue weighted by Gasteiger charge is 2.43. The van der Waals surface area contributed by atoms with Crippen molar-refractivity contribution in [2.45, 2.75) is 43.9 Å². The summed E-state index contributed by atoms with van der Waals surface area (Å²) in [6.07, 6.45) is -6.25. The first kappa shape index (κ1) is 26.0. The SMILES string of the molecule is Cc1ccc(S(=O)(=O)N2CCC(CO)(C(=O)Nc3ccc(OC(C)C(F)(F)F)cc3)CC2)cc1. The third-order valence-electron chi connectivity index (χ3n) is 6.01. The summed E-state index contributed by atoms with van der Waals surface area (Å²) in [6, 6.07) is 11.9. The number of hydrogen-bond donors (Lipinski definition) is 2. The molecule has 1 aliphatic heterocycles. The van der Waals surface area contributed by atoms with Gasteiger partial charge in [-0.1, -0.05) is 17.7 Å². The number of alkyl halides is 3. The molecule has 34 heavy (non-hydrogen) atoms. The molecule has 1 atom stereocenters. The summed E-state index contributed by atoms with van der Waals surface area (Å²) in [6.45, 7) is 2.40. The second kappa shape index (κ2) is 9.93. The van der Waals surface area contributed by atoms with Crippen LogP contribution in [0.15, 0.2) is 53.4 Å². The minimum absolute atomic E-state index is 0.00526. The number of sulfonamides is 1. The maximum Gasteiger partial charge on any atom is 0.425 e. The second-order valence-corrected chi connectivity index (χ2v) is 10.4. The number of benzene rings is 2. The summed E-state index contributed by atoms with van der Waals surface area (Å²) in [5.74, 6) is -0.492. The Hall–Kier alpha value is -2.63. The van der Waals surface area contributed by atoms with E-state index in [1.165, 1.54) is 40.7 Å². The van der Waals surface area contributed by atoms with Gasteiger partial charge in [0.15, 0.2) is 6.10 Å². The van der Waals surface area contributed by atoms with Gasteiger partial charge < -0.3 is 15.2 Å². The van der Waals surface area contributed by atoms with Gasteiger partial charge in [0, 0.05) is 18.8 Å². The zero-order valence-electron chi connectivity index (χ0n) is 18.8. The Kier molecular flexibility index (Phi) is 7.59. The maximum absolute atomic E-state index is 13.0. The first-order valence-corrected chi connectivity index (χ1v) is 12.1. The first-order valence-electron chi connectivity index (χ1n) is 10.7. The predicted octanol–water partition coefficient (Wildman–Crippen LogP) is 3.73. The van der Waals surface area contributed by atoms with Crippen LogP contribution in [0.3, 0.4) is 0 Å². The number of halogens is 3. The Bertz CT molecular complexity index is 1090. The van der Waals surface area contributed by atoms with E-state index in [0.717, 1.165) is 12.5 Å². The molecule has 2 aromatic rings. The van der Waals surface area contributed by atoms with Crippen molar-refractivity contribution in [1.82, 2.24) is 4.31 Å². The van der Waals surface area contributed by atoms with Crippen molar-refractivity contribution in [3.63, 3.8) is 0 Å². The van der Waals surface area contributed by atoms with Crippen molar-refractivity contribution in [2.75, 3.05) is 25.0 Å². The Morgan fingerprint density at radius 1 is 1.12 bits per heavy atom. The molecule has 0 saturated carbocycles. The number of aliphatic hydroxyl groups is 1. The van der Waals surface area contributed by atoms with Crippen LogP contribution in [0.1, 0.15) is 25.3 Å². The quantitative estimate of drug-likeness (QED) is 0.604. The summed E-state index contributed by atoms with van der Waals surface area (Å²) in [4.78, 5) is 13.1. The van der Waals surface area contributed by atoms with E-state index < -0.39 is 40.2 Å². The van der Waals surface area contributed by atoms with E-state index in [0.29, 0.717) is 5.69 Å². The van der Waals surface area contributed by atoms with Crippen molar-refractivity contribution < 1.29 is 36.2 Å². The molecule has 1 aliphatic rings. The number of carbonyl (C=O) groups excluding carboxylic acids is 1. The van der Waals surface area contributed by atoms with E-state index in [1.54, 1.807) is 12.1 Å². The number of aryl methyl sites for hydroxylation is 1. The van der Waals surface area contributed by atoms with Crippen LogP contribution in [0.4, 0.5) is 18.9 Å². The maximum atomic E-state index is 13.0. The van der Waals surface area contributed by atoms with E-state index in [4.69, 9.17) is 4.74 Å². The van der Waals surface area contributed by atoms with Crippen LogP contribution >= 0.6 is 0 Å². The zero-order chi connectivity index (χ0) is 25.1. The highest BCUT2D eigenvalue weighted by molar-refractivity contribution is 7.89. The fourth-order valence-electron chi connectivity index (χ4n) is 3.62. The number of carbonyl (C=O) groups is 1. The summed E-state index contributed by atoms with van der Waals surface area (Å²) in [7, 11) is -3.72.